The lowest BCUT2D eigenvalue weighted by atomic mass is 10.0. The summed E-state index contributed by atoms with van der Waals surface area (Å²) < 4.78 is 11.5. The maximum atomic E-state index is 6.12. The van der Waals surface area contributed by atoms with Crippen LogP contribution in [0.1, 0.15) is 18.1 Å². The molecular formula is C23H22O2. The van der Waals surface area contributed by atoms with Gasteiger partial charge in [0.15, 0.2) is 0 Å². The van der Waals surface area contributed by atoms with Crippen molar-refractivity contribution in [1.82, 2.24) is 0 Å². The molecule has 0 amide bonds. The first-order chi connectivity index (χ1) is 12.3. The Morgan fingerprint density at radius 1 is 0.880 bits per heavy atom. The molecule has 2 nitrogen and oxygen atoms in total. The number of hydrogen-bond donors (Lipinski definition) is 0. The van der Waals surface area contributed by atoms with Gasteiger partial charge in [-0.3, -0.25) is 0 Å². The minimum absolute atomic E-state index is 0.542. The fraction of sp³-hybridized carbons (Fsp3) is 0.130. The highest BCUT2D eigenvalue weighted by Crippen LogP contribution is 2.33. The van der Waals surface area contributed by atoms with E-state index < -0.39 is 0 Å². The lowest BCUT2D eigenvalue weighted by Gasteiger charge is -2.14. The van der Waals surface area contributed by atoms with Crippen molar-refractivity contribution < 1.29 is 9.47 Å². The molecule has 0 atom stereocenters. The Balaban J connectivity index is 1.96. The molecule has 0 aromatic heterocycles. The summed E-state index contributed by atoms with van der Waals surface area (Å²) in [6.45, 7) is 2.56. The number of ether oxygens (including phenoxy) is 2. The summed E-state index contributed by atoms with van der Waals surface area (Å²) in [5, 5.41) is 0. The van der Waals surface area contributed by atoms with Crippen LogP contribution in [0, 0.1) is 0 Å². The standard InChI is InChI=1S/C23H22O2/c1-3-8-18-13-14-23(25-17-19-9-5-4-6-10-19)22(15-18)20-11-7-12-21(16-20)24-2/h3-16H,17H2,1-2H3. The minimum Gasteiger partial charge on any atom is -0.497 e. The van der Waals surface area contributed by atoms with E-state index in [0.29, 0.717) is 6.61 Å². The molecule has 0 aliphatic heterocycles. The fourth-order valence-corrected chi connectivity index (χ4v) is 2.72. The molecule has 3 aromatic carbocycles. The lowest BCUT2D eigenvalue weighted by molar-refractivity contribution is 0.307. The smallest absolute Gasteiger partial charge is 0.127 e. The second-order valence-electron chi connectivity index (χ2n) is 5.76. The number of hydrogen-bond acceptors (Lipinski definition) is 2. The third kappa shape index (κ3) is 4.30. The summed E-state index contributed by atoms with van der Waals surface area (Å²) in [5.41, 5.74) is 4.43. The maximum absolute atomic E-state index is 6.12. The number of benzene rings is 3. The third-order valence-electron chi connectivity index (χ3n) is 3.98. The van der Waals surface area contributed by atoms with Gasteiger partial charge in [-0.15, -0.1) is 0 Å². The molecule has 25 heavy (non-hydrogen) atoms. The zero-order valence-electron chi connectivity index (χ0n) is 14.6. The number of allylic oxidation sites excluding steroid dienone is 1. The van der Waals surface area contributed by atoms with Gasteiger partial charge in [0, 0.05) is 5.56 Å². The lowest BCUT2D eigenvalue weighted by Crippen LogP contribution is -1.97. The highest BCUT2D eigenvalue weighted by atomic mass is 16.5. The highest BCUT2D eigenvalue weighted by molar-refractivity contribution is 5.74. The van der Waals surface area contributed by atoms with Crippen molar-refractivity contribution in [1.29, 1.82) is 0 Å². The summed E-state index contributed by atoms with van der Waals surface area (Å²) >= 11 is 0. The van der Waals surface area contributed by atoms with Gasteiger partial charge in [-0.1, -0.05) is 60.7 Å². The summed E-state index contributed by atoms with van der Waals surface area (Å²) in [7, 11) is 1.68. The first-order valence-electron chi connectivity index (χ1n) is 8.38. The Morgan fingerprint density at radius 2 is 1.72 bits per heavy atom. The Bertz CT molecular complexity index is 851. The molecule has 0 heterocycles. The highest BCUT2D eigenvalue weighted by Gasteiger charge is 2.09. The zero-order valence-corrected chi connectivity index (χ0v) is 14.6. The van der Waals surface area contributed by atoms with Gasteiger partial charge >= 0.3 is 0 Å². The van der Waals surface area contributed by atoms with Crippen LogP contribution in [-0.2, 0) is 6.61 Å². The molecule has 0 fully saturated rings. The van der Waals surface area contributed by atoms with Gasteiger partial charge in [0.05, 0.1) is 7.11 Å². The predicted octanol–water partition coefficient (Wildman–Crippen LogP) is 5.97. The predicted molar refractivity (Wildman–Crippen MR) is 104 cm³/mol. The van der Waals surface area contributed by atoms with Crippen LogP contribution in [-0.4, -0.2) is 7.11 Å². The monoisotopic (exact) mass is 330 g/mol. The molecule has 126 valence electrons. The Labute approximate surface area is 149 Å². The SMILES string of the molecule is CC=Cc1ccc(OCc2ccccc2)c(-c2cccc(OC)c2)c1. The third-order valence-corrected chi connectivity index (χ3v) is 3.98. The van der Waals surface area contributed by atoms with E-state index in [1.165, 1.54) is 0 Å². The van der Waals surface area contributed by atoms with Gasteiger partial charge < -0.3 is 9.47 Å². The molecule has 0 bridgehead atoms. The molecule has 0 unspecified atom stereocenters. The number of rotatable bonds is 6. The zero-order chi connectivity index (χ0) is 17.5. The van der Waals surface area contributed by atoms with Crippen LogP contribution < -0.4 is 9.47 Å². The Hall–Kier alpha value is -3.00. The molecule has 0 N–H and O–H groups in total. The largest absolute Gasteiger partial charge is 0.497 e. The van der Waals surface area contributed by atoms with Crippen molar-refractivity contribution in [2.75, 3.05) is 7.11 Å². The molecule has 0 saturated carbocycles. The summed E-state index contributed by atoms with van der Waals surface area (Å²) in [6, 6.07) is 24.5. The first kappa shape index (κ1) is 16.8. The van der Waals surface area contributed by atoms with Gasteiger partial charge in [-0.25, -0.2) is 0 Å². The molecule has 2 heteroatoms. The van der Waals surface area contributed by atoms with Crippen molar-refractivity contribution in [3.63, 3.8) is 0 Å². The maximum Gasteiger partial charge on any atom is 0.127 e. The number of methoxy groups -OCH3 is 1. The van der Waals surface area contributed by atoms with Gasteiger partial charge in [0.1, 0.15) is 18.1 Å². The second kappa shape index (κ2) is 8.20. The molecule has 0 spiro atoms. The quantitative estimate of drug-likeness (QED) is 0.554. The summed E-state index contributed by atoms with van der Waals surface area (Å²) in [5.74, 6) is 1.70. The Morgan fingerprint density at radius 3 is 2.48 bits per heavy atom. The normalized spacial score (nSPS) is 10.8. The van der Waals surface area contributed by atoms with E-state index in [1.54, 1.807) is 7.11 Å². The molecule has 3 rings (SSSR count). The van der Waals surface area contributed by atoms with E-state index in [-0.39, 0.29) is 0 Å². The van der Waals surface area contributed by atoms with Crippen LogP contribution in [0.3, 0.4) is 0 Å². The van der Waals surface area contributed by atoms with Crippen LogP contribution in [0.2, 0.25) is 0 Å². The van der Waals surface area contributed by atoms with Crippen molar-refractivity contribution in [2.24, 2.45) is 0 Å². The van der Waals surface area contributed by atoms with Crippen molar-refractivity contribution in [3.05, 3.63) is 90.0 Å². The molecular weight excluding hydrogens is 308 g/mol. The van der Waals surface area contributed by atoms with E-state index in [9.17, 15) is 0 Å². The molecule has 0 radical (unpaired) electrons. The van der Waals surface area contributed by atoms with Gasteiger partial charge in [-0.2, -0.15) is 0 Å². The second-order valence-corrected chi connectivity index (χ2v) is 5.76. The topological polar surface area (TPSA) is 18.5 Å². The van der Waals surface area contributed by atoms with Crippen molar-refractivity contribution in [2.45, 2.75) is 13.5 Å². The minimum atomic E-state index is 0.542. The van der Waals surface area contributed by atoms with E-state index in [1.807, 2.05) is 55.5 Å². The van der Waals surface area contributed by atoms with E-state index in [4.69, 9.17) is 9.47 Å². The average Bonchev–Trinajstić information content (AvgIpc) is 2.68. The van der Waals surface area contributed by atoms with Crippen LogP contribution in [0.5, 0.6) is 11.5 Å². The van der Waals surface area contributed by atoms with Gasteiger partial charge in [0.2, 0.25) is 0 Å². The average molecular weight is 330 g/mol. The Kier molecular flexibility index (Phi) is 5.53. The fourth-order valence-electron chi connectivity index (χ4n) is 2.72. The van der Waals surface area contributed by atoms with Crippen LogP contribution in [0.4, 0.5) is 0 Å². The van der Waals surface area contributed by atoms with Gasteiger partial charge in [0.25, 0.3) is 0 Å². The van der Waals surface area contributed by atoms with Crippen LogP contribution in [0.25, 0.3) is 17.2 Å². The van der Waals surface area contributed by atoms with Crippen molar-refractivity contribution >= 4 is 6.08 Å². The molecule has 0 aliphatic carbocycles. The molecule has 3 aromatic rings. The summed E-state index contributed by atoms with van der Waals surface area (Å²) in [6.07, 6.45) is 4.12. The molecule has 0 saturated heterocycles. The van der Waals surface area contributed by atoms with E-state index >= 15 is 0 Å². The van der Waals surface area contributed by atoms with Gasteiger partial charge in [-0.05, 0) is 47.9 Å². The van der Waals surface area contributed by atoms with E-state index in [2.05, 4.69) is 36.4 Å². The van der Waals surface area contributed by atoms with E-state index in [0.717, 1.165) is 33.8 Å². The van der Waals surface area contributed by atoms with Crippen LogP contribution >= 0.6 is 0 Å². The van der Waals surface area contributed by atoms with Crippen molar-refractivity contribution in [3.8, 4) is 22.6 Å². The summed E-state index contributed by atoms with van der Waals surface area (Å²) in [4.78, 5) is 0. The molecule has 0 aliphatic rings. The first-order valence-corrected chi connectivity index (χ1v) is 8.38. The van der Waals surface area contributed by atoms with Crippen LogP contribution in [0.15, 0.2) is 78.9 Å².